The Kier molecular flexibility index (Phi) is 4.53. The highest BCUT2D eigenvalue weighted by Crippen LogP contribution is 2.34. The third-order valence-electron chi connectivity index (χ3n) is 2.58. The van der Waals surface area contributed by atoms with Gasteiger partial charge in [0, 0.05) is 11.6 Å². The molecule has 1 aromatic heterocycles. The van der Waals surface area contributed by atoms with Crippen LogP contribution in [-0.4, -0.2) is 10.9 Å². The Bertz CT molecular complexity index is 652. The largest absolute Gasteiger partial charge is 0.435 e. The van der Waals surface area contributed by atoms with Crippen LogP contribution in [0, 0.1) is 6.92 Å². The van der Waals surface area contributed by atoms with Gasteiger partial charge in [0.1, 0.15) is 4.88 Å². The molecule has 1 N–H and O–H groups in total. The Balaban J connectivity index is 2.12. The molecule has 2 rings (SSSR count). The lowest BCUT2D eigenvalue weighted by atomic mass is 10.2. The number of amides is 1. The average molecular weight is 335 g/mol. The van der Waals surface area contributed by atoms with Crippen molar-refractivity contribution in [2.24, 2.45) is 0 Å². The summed E-state index contributed by atoms with van der Waals surface area (Å²) in [6, 6.07) is 6.65. The lowest BCUT2D eigenvalue weighted by molar-refractivity contribution is -0.141. The van der Waals surface area contributed by atoms with Crippen molar-refractivity contribution in [1.82, 2.24) is 10.3 Å². The SMILES string of the molecule is Cc1nc(C(F)(F)F)c(C(=O)NCc2ccc(Cl)cc2)s1. The molecular formula is C13H10ClF3N2OS. The van der Waals surface area contributed by atoms with E-state index in [2.05, 4.69) is 10.3 Å². The lowest BCUT2D eigenvalue weighted by Gasteiger charge is -2.07. The molecule has 1 aromatic carbocycles. The number of nitrogens with one attached hydrogen (secondary N) is 1. The molecular weight excluding hydrogens is 325 g/mol. The van der Waals surface area contributed by atoms with Gasteiger partial charge < -0.3 is 5.32 Å². The van der Waals surface area contributed by atoms with Crippen molar-refractivity contribution < 1.29 is 18.0 Å². The van der Waals surface area contributed by atoms with Gasteiger partial charge in [-0.2, -0.15) is 13.2 Å². The first-order valence-electron chi connectivity index (χ1n) is 5.84. The molecule has 0 aliphatic heterocycles. The number of carbonyl (C=O) groups excluding carboxylic acids is 1. The molecule has 2 aromatic rings. The maximum atomic E-state index is 12.8. The minimum absolute atomic E-state index is 0.115. The van der Waals surface area contributed by atoms with Crippen molar-refractivity contribution >= 4 is 28.8 Å². The number of aryl methyl sites for hydroxylation is 1. The molecule has 21 heavy (non-hydrogen) atoms. The summed E-state index contributed by atoms with van der Waals surface area (Å²) in [5, 5.41) is 3.19. The summed E-state index contributed by atoms with van der Waals surface area (Å²) in [4.78, 5) is 14.9. The normalized spacial score (nSPS) is 11.5. The van der Waals surface area contributed by atoms with Crippen molar-refractivity contribution in [2.45, 2.75) is 19.6 Å². The number of aromatic nitrogens is 1. The molecule has 0 saturated carbocycles. The van der Waals surface area contributed by atoms with E-state index in [-0.39, 0.29) is 11.6 Å². The number of alkyl halides is 3. The molecule has 0 aliphatic rings. The molecule has 0 unspecified atom stereocenters. The smallest absolute Gasteiger partial charge is 0.347 e. The van der Waals surface area contributed by atoms with Gasteiger partial charge in [-0.25, -0.2) is 4.98 Å². The predicted octanol–water partition coefficient (Wildman–Crippen LogP) is 4.05. The highest BCUT2D eigenvalue weighted by molar-refractivity contribution is 7.13. The van der Waals surface area contributed by atoms with Gasteiger partial charge in [0.2, 0.25) is 0 Å². The third-order valence-corrected chi connectivity index (χ3v) is 3.80. The van der Waals surface area contributed by atoms with Gasteiger partial charge in [0.15, 0.2) is 5.69 Å². The van der Waals surface area contributed by atoms with E-state index in [1.807, 2.05) is 0 Å². The van der Waals surface area contributed by atoms with Gasteiger partial charge in [-0.3, -0.25) is 4.79 Å². The van der Waals surface area contributed by atoms with Gasteiger partial charge in [-0.15, -0.1) is 11.3 Å². The first-order valence-corrected chi connectivity index (χ1v) is 7.04. The summed E-state index contributed by atoms with van der Waals surface area (Å²) in [6.07, 6.45) is -4.64. The van der Waals surface area contributed by atoms with E-state index < -0.39 is 22.7 Å². The van der Waals surface area contributed by atoms with Crippen LogP contribution in [0.2, 0.25) is 5.02 Å². The second-order valence-corrected chi connectivity index (χ2v) is 5.86. The minimum Gasteiger partial charge on any atom is -0.347 e. The summed E-state index contributed by atoms with van der Waals surface area (Å²) >= 11 is 6.45. The van der Waals surface area contributed by atoms with E-state index in [9.17, 15) is 18.0 Å². The minimum atomic E-state index is -4.64. The van der Waals surface area contributed by atoms with E-state index in [0.717, 1.165) is 16.9 Å². The van der Waals surface area contributed by atoms with Gasteiger partial charge in [0.05, 0.1) is 5.01 Å². The van der Waals surface area contributed by atoms with Crippen LogP contribution in [0.25, 0.3) is 0 Å². The second-order valence-electron chi connectivity index (χ2n) is 4.22. The lowest BCUT2D eigenvalue weighted by Crippen LogP contribution is -2.24. The molecule has 112 valence electrons. The Morgan fingerprint density at radius 2 is 1.95 bits per heavy atom. The van der Waals surface area contributed by atoms with E-state index >= 15 is 0 Å². The highest BCUT2D eigenvalue weighted by atomic mass is 35.5. The van der Waals surface area contributed by atoms with Gasteiger partial charge in [0.25, 0.3) is 5.91 Å². The molecule has 0 spiro atoms. The van der Waals surface area contributed by atoms with Crippen LogP contribution in [0.1, 0.15) is 25.9 Å². The third kappa shape index (κ3) is 3.95. The fourth-order valence-electron chi connectivity index (χ4n) is 1.64. The van der Waals surface area contributed by atoms with Crippen LogP contribution in [0.4, 0.5) is 13.2 Å². The van der Waals surface area contributed by atoms with Crippen LogP contribution < -0.4 is 5.32 Å². The molecule has 3 nitrogen and oxygen atoms in total. The molecule has 1 amide bonds. The van der Waals surface area contributed by atoms with Crippen LogP contribution in [0.15, 0.2) is 24.3 Å². The Labute approximate surface area is 127 Å². The van der Waals surface area contributed by atoms with Gasteiger partial charge in [-0.05, 0) is 24.6 Å². The number of halogens is 4. The molecule has 0 fully saturated rings. The number of hydrogen-bond acceptors (Lipinski definition) is 3. The topological polar surface area (TPSA) is 42.0 Å². The maximum absolute atomic E-state index is 12.8. The zero-order chi connectivity index (χ0) is 15.6. The van der Waals surface area contributed by atoms with Crippen molar-refractivity contribution in [3.05, 3.63) is 50.4 Å². The molecule has 0 atom stereocenters. The summed E-state index contributed by atoms with van der Waals surface area (Å²) in [5.74, 6) is -0.789. The molecule has 8 heteroatoms. The monoisotopic (exact) mass is 334 g/mol. The van der Waals surface area contributed by atoms with Gasteiger partial charge >= 0.3 is 6.18 Å². The van der Waals surface area contributed by atoms with E-state index in [1.165, 1.54) is 6.92 Å². The summed E-state index contributed by atoms with van der Waals surface area (Å²) in [7, 11) is 0. The van der Waals surface area contributed by atoms with E-state index in [0.29, 0.717) is 5.02 Å². The fourth-order valence-corrected chi connectivity index (χ4v) is 2.62. The number of hydrogen-bond donors (Lipinski definition) is 1. The Morgan fingerprint density at radius 3 is 2.52 bits per heavy atom. The van der Waals surface area contributed by atoms with Crippen LogP contribution in [0.3, 0.4) is 0 Å². The number of thiazole rings is 1. The van der Waals surface area contributed by atoms with Crippen LogP contribution in [0.5, 0.6) is 0 Å². The quantitative estimate of drug-likeness (QED) is 0.920. The summed E-state index contributed by atoms with van der Waals surface area (Å²) < 4.78 is 38.3. The van der Waals surface area contributed by atoms with E-state index in [4.69, 9.17) is 11.6 Å². The summed E-state index contributed by atoms with van der Waals surface area (Å²) in [6.45, 7) is 1.54. The second kappa shape index (κ2) is 6.03. The van der Waals surface area contributed by atoms with Crippen molar-refractivity contribution in [1.29, 1.82) is 0 Å². The molecule has 0 bridgehead atoms. The molecule has 1 heterocycles. The number of nitrogens with zero attached hydrogens (tertiary/aromatic N) is 1. The van der Waals surface area contributed by atoms with Crippen molar-refractivity contribution in [2.75, 3.05) is 0 Å². The zero-order valence-corrected chi connectivity index (χ0v) is 12.4. The summed E-state index contributed by atoms with van der Waals surface area (Å²) in [5.41, 5.74) is -0.402. The fraction of sp³-hybridized carbons (Fsp3) is 0.231. The van der Waals surface area contributed by atoms with Gasteiger partial charge in [-0.1, -0.05) is 23.7 Å². The Hall–Kier alpha value is -1.60. The molecule has 0 saturated heterocycles. The first-order chi connectivity index (χ1) is 9.77. The number of carbonyl (C=O) groups is 1. The molecule has 0 aliphatic carbocycles. The highest BCUT2D eigenvalue weighted by Gasteiger charge is 2.39. The average Bonchev–Trinajstić information content (AvgIpc) is 2.80. The zero-order valence-electron chi connectivity index (χ0n) is 10.8. The maximum Gasteiger partial charge on any atom is 0.435 e. The number of rotatable bonds is 3. The Morgan fingerprint density at radius 1 is 1.33 bits per heavy atom. The predicted molar refractivity (Wildman–Crippen MR) is 74.5 cm³/mol. The molecule has 0 radical (unpaired) electrons. The van der Waals surface area contributed by atoms with Crippen LogP contribution in [-0.2, 0) is 12.7 Å². The van der Waals surface area contributed by atoms with Crippen molar-refractivity contribution in [3.63, 3.8) is 0 Å². The first kappa shape index (κ1) is 15.8. The standard InChI is InChI=1S/C13H10ClF3N2OS/c1-7-19-11(13(15,16)17)10(21-7)12(20)18-6-8-2-4-9(14)5-3-8/h2-5H,6H2,1H3,(H,18,20). The van der Waals surface area contributed by atoms with E-state index in [1.54, 1.807) is 24.3 Å². The van der Waals surface area contributed by atoms with Crippen molar-refractivity contribution in [3.8, 4) is 0 Å². The van der Waals surface area contributed by atoms with Crippen LogP contribution >= 0.6 is 22.9 Å². The number of benzene rings is 1.